The molecule has 2 heterocycles. The summed E-state index contributed by atoms with van der Waals surface area (Å²) in [6.45, 7) is 1.94. The van der Waals surface area contributed by atoms with Crippen molar-refractivity contribution in [3.63, 3.8) is 0 Å². The van der Waals surface area contributed by atoms with Crippen molar-refractivity contribution in [2.24, 2.45) is 5.73 Å². The number of carbonyl (C=O) groups excluding carboxylic acids is 1. The monoisotopic (exact) mass is 190 g/mol. The van der Waals surface area contributed by atoms with Crippen LogP contribution in [-0.4, -0.2) is 20.5 Å². The van der Waals surface area contributed by atoms with Crippen molar-refractivity contribution in [3.8, 4) is 0 Å². The van der Waals surface area contributed by atoms with Gasteiger partial charge in [-0.2, -0.15) is 5.10 Å². The summed E-state index contributed by atoms with van der Waals surface area (Å²) < 4.78 is 1.63. The molecule has 0 radical (unpaired) electrons. The Bertz CT molecular complexity index is 489. The highest BCUT2D eigenvalue weighted by Crippen LogP contribution is 2.05. The fraction of sp³-hybridized carbons (Fsp3) is 0.222. The summed E-state index contributed by atoms with van der Waals surface area (Å²) in [6, 6.07) is 1.90. The third-order valence-corrected chi connectivity index (χ3v) is 1.86. The first kappa shape index (κ1) is 8.68. The van der Waals surface area contributed by atoms with Crippen LogP contribution in [0.2, 0.25) is 0 Å². The average Bonchev–Trinajstić information content (AvgIpc) is 2.44. The Morgan fingerprint density at radius 3 is 3.14 bits per heavy atom. The molecule has 0 fully saturated rings. The van der Waals surface area contributed by atoms with E-state index in [1.54, 1.807) is 16.9 Å². The zero-order valence-corrected chi connectivity index (χ0v) is 7.77. The number of nitrogens with two attached hydrogens (primary N) is 1. The molecule has 1 amide bonds. The number of aromatic nitrogens is 3. The molecule has 5 heteroatoms. The van der Waals surface area contributed by atoms with Gasteiger partial charge in [-0.15, -0.1) is 0 Å². The van der Waals surface area contributed by atoms with E-state index < -0.39 is 0 Å². The first-order chi connectivity index (χ1) is 6.65. The lowest BCUT2D eigenvalue weighted by Gasteiger charge is -1.91. The Labute approximate surface area is 80.6 Å². The van der Waals surface area contributed by atoms with Gasteiger partial charge in [-0.1, -0.05) is 0 Å². The van der Waals surface area contributed by atoms with E-state index in [1.807, 2.05) is 13.0 Å². The first-order valence-corrected chi connectivity index (χ1v) is 4.24. The molecule has 0 saturated carbocycles. The van der Waals surface area contributed by atoms with Gasteiger partial charge in [-0.3, -0.25) is 4.79 Å². The maximum Gasteiger partial charge on any atom is 0.223 e. The molecular weight excluding hydrogens is 180 g/mol. The van der Waals surface area contributed by atoms with Gasteiger partial charge in [0.15, 0.2) is 5.65 Å². The summed E-state index contributed by atoms with van der Waals surface area (Å²) in [5, 5.41) is 4.11. The molecule has 0 bridgehead atoms. The van der Waals surface area contributed by atoms with Gasteiger partial charge in [0.2, 0.25) is 5.91 Å². The molecule has 14 heavy (non-hydrogen) atoms. The summed E-state index contributed by atoms with van der Waals surface area (Å²) in [7, 11) is 0. The molecule has 0 aromatic carbocycles. The van der Waals surface area contributed by atoms with Crippen LogP contribution < -0.4 is 5.73 Å². The summed E-state index contributed by atoms with van der Waals surface area (Å²) in [5.41, 5.74) is 7.49. The summed E-state index contributed by atoms with van der Waals surface area (Å²) >= 11 is 0. The molecule has 5 nitrogen and oxygen atoms in total. The SMILES string of the molecule is Cc1cnn2cc(CC(N)=O)nc2c1. The molecule has 0 unspecified atom stereocenters. The molecule has 0 atom stereocenters. The Hall–Kier alpha value is -1.91. The van der Waals surface area contributed by atoms with Crippen LogP contribution in [-0.2, 0) is 11.2 Å². The summed E-state index contributed by atoms with van der Waals surface area (Å²) in [5.74, 6) is -0.384. The van der Waals surface area contributed by atoms with Gasteiger partial charge in [-0.25, -0.2) is 9.50 Å². The van der Waals surface area contributed by atoms with E-state index in [0.717, 1.165) is 11.2 Å². The lowest BCUT2D eigenvalue weighted by molar-refractivity contribution is -0.117. The van der Waals surface area contributed by atoms with Gasteiger partial charge in [-0.05, 0) is 18.6 Å². The molecule has 0 saturated heterocycles. The van der Waals surface area contributed by atoms with Crippen molar-refractivity contribution in [1.82, 2.24) is 14.6 Å². The van der Waals surface area contributed by atoms with Crippen molar-refractivity contribution in [2.45, 2.75) is 13.3 Å². The molecular formula is C9H10N4O. The van der Waals surface area contributed by atoms with Crippen molar-refractivity contribution >= 4 is 11.6 Å². The van der Waals surface area contributed by atoms with E-state index in [-0.39, 0.29) is 12.3 Å². The number of carbonyl (C=O) groups is 1. The fourth-order valence-electron chi connectivity index (χ4n) is 1.28. The third-order valence-electron chi connectivity index (χ3n) is 1.86. The minimum atomic E-state index is -0.384. The second kappa shape index (κ2) is 3.10. The topological polar surface area (TPSA) is 73.3 Å². The average molecular weight is 190 g/mol. The number of rotatable bonds is 2. The van der Waals surface area contributed by atoms with Gasteiger partial charge in [0.25, 0.3) is 0 Å². The molecule has 0 spiro atoms. The van der Waals surface area contributed by atoms with Crippen molar-refractivity contribution in [3.05, 3.63) is 29.7 Å². The van der Waals surface area contributed by atoms with Crippen molar-refractivity contribution < 1.29 is 4.79 Å². The smallest absolute Gasteiger partial charge is 0.223 e. The molecule has 0 aliphatic carbocycles. The van der Waals surface area contributed by atoms with Gasteiger partial charge in [0.05, 0.1) is 24.5 Å². The standard InChI is InChI=1S/C9H10N4O/c1-6-2-9-12-7(3-8(10)14)5-13(9)11-4-6/h2,4-5H,3H2,1H3,(H2,10,14). The second-order valence-electron chi connectivity index (χ2n) is 3.21. The molecule has 2 aromatic rings. The predicted octanol–water partition coefficient (Wildman–Crippen LogP) is 0.0655. The third kappa shape index (κ3) is 1.56. The highest BCUT2D eigenvalue weighted by molar-refractivity contribution is 5.76. The van der Waals surface area contributed by atoms with Crippen molar-refractivity contribution in [1.29, 1.82) is 0 Å². The zero-order valence-electron chi connectivity index (χ0n) is 7.77. The minimum absolute atomic E-state index is 0.155. The number of fused-ring (bicyclic) bond motifs is 1. The summed E-state index contributed by atoms with van der Waals surface area (Å²) in [4.78, 5) is 14.9. The number of hydrogen-bond acceptors (Lipinski definition) is 3. The molecule has 0 aliphatic rings. The van der Waals surface area contributed by atoms with Crippen LogP contribution >= 0.6 is 0 Å². The van der Waals surface area contributed by atoms with Gasteiger partial charge in [0, 0.05) is 0 Å². The van der Waals surface area contributed by atoms with Gasteiger partial charge < -0.3 is 5.73 Å². The molecule has 2 N–H and O–H groups in total. The normalized spacial score (nSPS) is 10.6. The maximum atomic E-state index is 10.7. The largest absolute Gasteiger partial charge is 0.369 e. The van der Waals surface area contributed by atoms with Crippen LogP contribution in [0.4, 0.5) is 0 Å². The molecule has 2 aromatic heterocycles. The highest BCUT2D eigenvalue weighted by Gasteiger charge is 2.04. The number of primary amides is 1. The van der Waals surface area contributed by atoms with Crippen LogP contribution in [0.5, 0.6) is 0 Å². The highest BCUT2D eigenvalue weighted by atomic mass is 16.1. The maximum absolute atomic E-state index is 10.7. The van der Waals surface area contributed by atoms with E-state index in [0.29, 0.717) is 5.69 Å². The second-order valence-corrected chi connectivity index (χ2v) is 3.21. The number of aryl methyl sites for hydroxylation is 1. The Morgan fingerprint density at radius 1 is 1.64 bits per heavy atom. The van der Waals surface area contributed by atoms with Crippen LogP contribution in [0.15, 0.2) is 18.5 Å². The van der Waals surface area contributed by atoms with E-state index >= 15 is 0 Å². The number of hydrogen-bond donors (Lipinski definition) is 1. The first-order valence-electron chi connectivity index (χ1n) is 4.24. The molecule has 2 rings (SSSR count). The lowest BCUT2D eigenvalue weighted by atomic mass is 10.3. The summed E-state index contributed by atoms with van der Waals surface area (Å²) in [6.07, 6.45) is 3.60. The van der Waals surface area contributed by atoms with E-state index in [2.05, 4.69) is 10.1 Å². The molecule has 0 aliphatic heterocycles. The van der Waals surface area contributed by atoms with Gasteiger partial charge in [0.1, 0.15) is 0 Å². The van der Waals surface area contributed by atoms with Crippen molar-refractivity contribution in [2.75, 3.05) is 0 Å². The van der Waals surface area contributed by atoms with E-state index in [1.165, 1.54) is 0 Å². The van der Waals surface area contributed by atoms with Crippen LogP contribution in [0.25, 0.3) is 5.65 Å². The Morgan fingerprint density at radius 2 is 2.43 bits per heavy atom. The van der Waals surface area contributed by atoms with Crippen LogP contribution in [0.1, 0.15) is 11.3 Å². The number of amides is 1. The Kier molecular flexibility index (Phi) is 1.92. The van der Waals surface area contributed by atoms with Gasteiger partial charge >= 0.3 is 0 Å². The fourth-order valence-corrected chi connectivity index (χ4v) is 1.28. The lowest BCUT2D eigenvalue weighted by Crippen LogP contribution is -2.13. The quantitative estimate of drug-likeness (QED) is 0.728. The van der Waals surface area contributed by atoms with Crippen LogP contribution in [0.3, 0.4) is 0 Å². The minimum Gasteiger partial charge on any atom is -0.369 e. The van der Waals surface area contributed by atoms with E-state index in [9.17, 15) is 4.79 Å². The van der Waals surface area contributed by atoms with E-state index in [4.69, 9.17) is 5.73 Å². The zero-order chi connectivity index (χ0) is 10.1. The van der Waals surface area contributed by atoms with Crippen LogP contribution in [0, 0.1) is 6.92 Å². The molecule has 72 valence electrons. The number of imidazole rings is 1. The number of nitrogens with zero attached hydrogens (tertiary/aromatic N) is 3. The Balaban J connectivity index is 2.46. The predicted molar refractivity (Wildman–Crippen MR) is 50.6 cm³/mol.